The van der Waals surface area contributed by atoms with Crippen molar-refractivity contribution >= 4 is 0 Å². The Labute approximate surface area is 131 Å². The summed E-state index contributed by atoms with van der Waals surface area (Å²) in [5.41, 5.74) is 1.29. The largest absolute Gasteiger partial charge is 0.372 e. The van der Waals surface area contributed by atoms with Gasteiger partial charge in [0.15, 0.2) is 0 Å². The topological polar surface area (TPSA) is 21.3 Å². The second-order valence-electron chi connectivity index (χ2n) is 6.17. The lowest BCUT2D eigenvalue weighted by Gasteiger charge is -2.29. The smallest absolute Gasteiger partial charge is 0.0977 e. The summed E-state index contributed by atoms with van der Waals surface area (Å²) in [6, 6.07) is 11.1. The van der Waals surface area contributed by atoms with Crippen LogP contribution in [0, 0.1) is 5.92 Å². The molecule has 120 valence electrons. The van der Waals surface area contributed by atoms with E-state index in [2.05, 4.69) is 63.3 Å². The summed E-state index contributed by atoms with van der Waals surface area (Å²) in [5.74, 6) is 0.777. The molecule has 1 aromatic carbocycles. The lowest BCUT2D eigenvalue weighted by atomic mass is 9.95. The quantitative estimate of drug-likeness (QED) is 0.622. The number of nitrogens with one attached hydrogen (secondary N) is 1. The number of hydrogen-bond donors (Lipinski definition) is 1. The Hall–Kier alpha value is -0.860. The van der Waals surface area contributed by atoms with Crippen LogP contribution in [-0.2, 0) is 4.74 Å². The molecule has 0 spiro atoms. The molecule has 0 bridgehead atoms. The van der Waals surface area contributed by atoms with Crippen molar-refractivity contribution < 1.29 is 4.74 Å². The molecule has 0 aliphatic rings. The third-order valence-electron chi connectivity index (χ3n) is 3.79. The van der Waals surface area contributed by atoms with Crippen LogP contribution in [0.3, 0.4) is 0 Å². The van der Waals surface area contributed by atoms with Crippen LogP contribution in [-0.4, -0.2) is 19.2 Å². The van der Waals surface area contributed by atoms with Crippen LogP contribution < -0.4 is 5.32 Å². The zero-order valence-corrected chi connectivity index (χ0v) is 14.3. The predicted octanol–water partition coefficient (Wildman–Crippen LogP) is 4.96. The Morgan fingerprint density at radius 2 is 1.76 bits per heavy atom. The number of benzene rings is 1. The molecule has 21 heavy (non-hydrogen) atoms. The van der Waals surface area contributed by atoms with Crippen LogP contribution in [0.5, 0.6) is 0 Å². The first-order valence-electron chi connectivity index (χ1n) is 8.58. The Bertz CT molecular complexity index is 350. The van der Waals surface area contributed by atoms with E-state index in [4.69, 9.17) is 4.74 Å². The molecule has 1 aromatic rings. The van der Waals surface area contributed by atoms with Crippen molar-refractivity contribution in [2.75, 3.05) is 13.2 Å². The zero-order chi connectivity index (χ0) is 15.5. The van der Waals surface area contributed by atoms with Gasteiger partial charge in [0.25, 0.3) is 0 Å². The molecule has 0 amide bonds. The van der Waals surface area contributed by atoms with E-state index in [1.54, 1.807) is 0 Å². The normalized spacial score (nSPS) is 14.3. The minimum absolute atomic E-state index is 0.162. The van der Waals surface area contributed by atoms with Crippen molar-refractivity contribution in [3.05, 3.63) is 35.9 Å². The average molecular weight is 291 g/mol. The van der Waals surface area contributed by atoms with Crippen LogP contribution in [0.25, 0.3) is 0 Å². The maximum absolute atomic E-state index is 6.08. The first kappa shape index (κ1) is 18.2. The van der Waals surface area contributed by atoms with E-state index in [1.807, 2.05) is 0 Å². The fourth-order valence-electron chi connectivity index (χ4n) is 2.70. The van der Waals surface area contributed by atoms with Gasteiger partial charge in [-0.25, -0.2) is 0 Å². The van der Waals surface area contributed by atoms with E-state index >= 15 is 0 Å². The molecule has 0 fully saturated rings. The van der Waals surface area contributed by atoms with Gasteiger partial charge in [0.1, 0.15) is 0 Å². The molecular weight excluding hydrogens is 258 g/mol. The van der Waals surface area contributed by atoms with Gasteiger partial charge in [0, 0.05) is 12.6 Å². The van der Waals surface area contributed by atoms with Crippen LogP contribution in [0.4, 0.5) is 0 Å². The van der Waals surface area contributed by atoms with E-state index in [0.29, 0.717) is 6.04 Å². The molecule has 0 saturated carbocycles. The molecule has 0 radical (unpaired) electrons. The van der Waals surface area contributed by atoms with Crippen molar-refractivity contribution in [1.82, 2.24) is 5.32 Å². The highest BCUT2D eigenvalue weighted by atomic mass is 16.5. The zero-order valence-electron chi connectivity index (χ0n) is 14.3. The van der Waals surface area contributed by atoms with Crippen molar-refractivity contribution in [3.63, 3.8) is 0 Å². The molecule has 2 heteroatoms. The second-order valence-corrected chi connectivity index (χ2v) is 6.17. The van der Waals surface area contributed by atoms with Crippen molar-refractivity contribution in [2.45, 2.75) is 65.5 Å². The number of rotatable bonds is 11. The molecule has 0 saturated heterocycles. The summed E-state index contributed by atoms with van der Waals surface area (Å²) >= 11 is 0. The highest BCUT2D eigenvalue weighted by Crippen LogP contribution is 2.25. The van der Waals surface area contributed by atoms with E-state index in [1.165, 1.54) is 24.8 Å². The summed E-state index contributed by atoms with van der Waals surface area (Å²) in [5, 5.41) is 3.70. The van der Waals surface area contributed by atoms with Crippen molar-refractivity contribution in [2.24, 2.45) is 5.92 Å². The van der Waals surface area contributed by atoms with Gasteiger partial charge in [-0.2, -0.15) is 0 Å². The minimum atomic E-state index is 0.162. The third kappa shape index (κ3) is 7.10. The monoisotopic (exact) mass is 291 g/mol. The lowest BCUT2D eigenvalue weighted by Crippen LogP contribution is -2.37. The molecule has 2 nitrogen and oxygen atoms in total. The summed E-state index contributed by atoms with van der Waals surface area (Å²) in [7, 11) is 0. The third-order valence-corrected chi connectivity index (χ3v) is 3.79. The van der Waals surface area contributed by atoms with Crippen LogP contribution in [0.15, 0.2) is 30.3 Å². The molecule has 1 N–H and O–H groups in total. The van der Waals surface area contributed by atoms with Gasteiger partial charge in [-0.15, -0.1) is 0 Å². The van der Waals surface area contributed by atoms with Crippen LogP contribution in [0.2, 0.25) is 0 Å². The molecule has 0 aliphatic carbocycles. The van der Waals surface area contributed by atoms with Gasteiger partial charge in [0.05, 0.1) is 6.10 Å². The SMILES string of the molecule is CCCNC(CCCC(C)C)C(OCC)c1ccccc1. The average Bonchev–Trinajstić information content (AvgIpc) is 2.49. The van der Waals surface area contributed by atoms with Crippen LogP contribution in [0.1, 0.15) is 65.0 Å². The summed E-state index contributed by atoms with van der Waals surface area (Å²) in [4.78, 5) is 0. The van der Waals surface area contributed by atoms with Gasteiger partial charge >= 0.3 is 0 Å². The highest BCUT2D eigenvalue weighted by molar-refractivity contribution is 5.19. The number of hydrogen-bond acceptors (Lipinski definition) is 2. The molecule has 1 rings (SSSR count). The fraction of sp³-hybridized carbons (Fsp3) is 0.684. The van der Waals surface area contributed by atoms with Crippen molar-refractivity contribution in [3.8, 4) is 0 Å². The Morgan fingerprint density at radius 1 is 1.05 bits per heavy atom. The molecule has 0 heterocycles. The van der Waals surface area contributed by atoms with Gasteiger partial charge in [-0.3, -0.25) is 0 Å². The molecule has 2 atom stereocenters. The maximum atomic E-state index is 6.08. The van der Waals surface area contributed by atoms with Crippen LogP contribution >= 0.6 is 0 Å². The Kier molecular flexibility index (Phi) is 9.36. The van der Waals surface area contributed by atoms with E-state index < -0.39 is 0 Å². The Morgan fingerprint density at radius 3 is 2.33 bits per heavy atom. The standard InChI is InChI=1S/C19H33NO/c1-5-15-20-18(14-10-11-16(3)4)19(21-6-2)17-12-8-7-9-13-17/h7-9,12-13,16,18-20H,5-6,10-11,14-15H2,1-4H3. The molecular formula is C19H33NO. The van der Waals surface area contributed by atoms with E-state index in [0.717, 1.165) is 25.5 Å². The van der Waals surface area contributed by atoms with Gasteiger partial charge < -0.3 is 10.1 Å². The first-order valence-corrected chi connectivity index (χ1v) is 8.58. The van der Waals surface area contributed by atoms with Gasteiger partial charge in [-0.05, 0) is 37.8 Å². The summed E-state index contributed by atoms with van der Waals surface area (Å²) in [6.45, 7) is 10.7. The van der Waals surface area contributed by atoms with Gasteiger partial charge in [0.2, 0.25) is 0 Å². The van der Waals surface area contributed by atoms with Gasteiger partial charge in [-0.1, -0.05) is 63.9 Å². The Balaban J connectivity index is 2.74. The van der Waals surface area contributed by atoms with E-state index in [-0.39, 0.29) is 6.10 Å². The molecule has 2 unspecified atom stereocenters. The predicted molar refractivity (Wildman–Crippen MR) is 91.6 cm³/mol. The lowest BCUT2D eigenvalue weighted by molar-refractivity contribution is 0.0300. The van der Waals surface area contributed by atoms with E-state index in [9.17, 15) is 0 Å². The van der Waals surface area contributed by atoms with Crippen molar-refractivity contribution in [1.29, 1.82) is 0 Å². The first-order chi connectivity index (χ1) is 10.2. The maximum Gasteiger partial charge on any atom is 0.0977 e. The fourth-order valence-corrected chi connectivity index (χ4v) is 2.70. The number of ether oxygens (including phenoxy) is 1. The molecule has 0 aliphatic heterocycles. The summed E-state index contributed by atoms with van der Waals surface area (Å²) in [6.07, 6.45) is 5.05. The second kappa shape index (κ2) is 10.8. The summed E-state index contributed by atoms with van der Waals surface area (Å²) < 4.78 is 6.08. The minimum Gasteiger partial charge on any atom is -0.372 e. The highest BCUT2D eigenvalue weighted by Gasteiger charge is 2.22. The molecule has 0 aromatic heterocycles.